The van der Waals surface area contributed by atoms with Crippen molar-refractivity contribution in [3.8, 4) is 0 Å². The van der Waals surface area contributed by atoms with Gasteiger partial charge < -0.3 is 10.1 Å². The molecule has 2 atom stereocenters. The van der Waals surface area contributed by atoms with Crippen LogP contribution < -0.4 is 5.32 Å². The van der Waals surface area contributed by atoms with E-state index in [1.165, 1.54) is 12.1 Å². The summed E-state index contributed by atoms with van der Waals surface area (Å²) in [6, 6.07) is 2.75. The van der Waals surface area contributed by atoms with Gasteiger partial charge in [-0.15, -0.1) is 0 Å². The third kappa shape index (κ3) is 2.40. The first-order valence-corrected chi connectivity index (χ1v) is 6.62. The number of halogens is 2. The molecular formula is C14H15F2N3O. The molecule has 6 heteroatoms. The predicted molar refractivity (Wildman–Crippen MR) is 69.5 cm³/mol. The molecule has 2 aliphatic rings. The topological polar surface area (TPSA) is 28.9 Å². The van der Waals surface area contributed by atoms with E-state index in [0.717, 1.165) is 19.6 Å². The maximum Gasteiger partial charge on any atom is 0.256 e. The number of fused-ring (bicyclic) bond motifs is 1. The van der Waals surface area contributed by atoms with Gasteiger partial charge in [-0.05, 0) is 17.7 Å². The third-order valence-corrected chi connectivity index (χ3v) is 3.89. The van der Waals surface area contributed by atoms with Crippen molar-refractivity contribution in [2.45, 2.75) is 12.1 Å². The van der Waals surface area contributed by atoms with Crippen LogP contribution in [0.15, 0.2) is 12.1 Å². The molecule has 0 bridgehead atoms. The van der Waals surface area contributed by atoms with Gasteiger partial charge in [0.25, 0.3) is 5.69 Å². The van der Waals surface area contributed by atoms with Gasteiger partial charge in [-0.3, -0.25) is 4.90 Å². The highest BCUT2D eigenvalue weighted by molar-refractivity contribution is 5.49. The number of piperazine rings is 1. The van der Waals surface area contributed by atoms with Crippen molar-refractivity contribution in [1.29, 1.82) is 0 Å². The highest BCUT2D eigenvalue weighted by Crippen LogP contribution is 2.30. The van der Waals surface area contributed by atoms with Gasteiger partial charge >= 0.3 is 0 Å². The molecule has 0 saturated carbocycles. The second kappa shape index (κ2) is 5.44. The number of hydrogen-bond donors (Lipinski definition) is 1. The predicted octanol–water partition coefficient (Wildman–Crippen LogP) is 1.86. The van der Waals surface area contributed by atoms with Crippen molar-refractivity contribution in [3.05, 3.63) is 40.7 Å². The Labute approximate surface area is 116 Å². The van der Waals surface area contributed by atoms with E-state index in [1.807, 2.05) is 0 Å². The van der Waals surface area contributed by atoms with Crippen LogP contribution in [0.5, 0.6) is 0 Å². The van der Waals surface area contributed by atoms with Crippen molar-refractivity contribution >= 4 is 5.69 Å². The van der Waals surface area contributed by atoms with Gasteiger partial charge in [0.1, 0.15) is 11.6 Å². The summed E-state index contributed by atoms with van der Waals surface area (Å²) >= 11 is 0. The van der Waals surface area contributed by atoms with Crippen LogP contribution in [0.2, 0.25) is 0 Å². The number of nitrogens with one attached hydrogen (secondary N) is 1. The standard InChI is InChI=1S/C14H15F2N3O/c1-17-14-11(15)4-9(5-12(14)16)13-7-19-3-2-18-6-10(19)8-20-13/h4-5,10,13,18H,2-3,6-8H2/t10-,13+/m0/s1. The number of benzene rings is 1. The van der Waals surface area contributed by atoms with Gasteiger partial charge in [0.15, 0.2) is 0 Å². The Hall–Kier alpha value is -1.55. The van der Waals surface area contributed by atoms with Crippen LogP contribution in [0, 0.1) is 18.2 Å². The molecule has 0 spiro atoms. The van der Waals surface area contributed by atoms with Crippen LogP contribution in [0.3, 0.4) is 0 Å². The van der Waals surface area contributed by atoms with E-state index in [4.69, 9.17) is 11.3 Å². The summed E-state index contributed by atoms with van der Waals surface area (Å²) in [6.45, 7) is 10.6. The molecule has 0 aromatic heterocycles. The van der Waals surface area contributed by atoms with Crippen LogP contribution in [-0.2, 0) is 4.74 Å². The Morgan fingerprint density at radius 2 is 2.10 bits per heavy atom. The van der Waals surface area contributed by atoms with Crippen molar-refractivity contribution in [2.24, 2.45) is 0 Å². The Bertz CT molecular complexity index is 535. The lowest BCUT2D eigenvalue weighted by molar-refractivity contribution is -0.0719. The smallest absolute Gasteiger partial charge is 0.256 e. The molecule has 4 nitrogen and oxygen atoms in total. The van der Waals surface area contributed by atoms with Crippen LogP contribution in [-0.4, -0.2) is 43.7 Å². The number of morpholine rings is 1. The first-order chi connectivity index (χ1) is 9.69. The van der Waals surface area contributed by atoms with Crippen molar-refractivity contribution in [2.75, 3.05) is 32.8 Å². The van der Waals surface area contributed by atoms with Crippen LogP contribution in [0.25, 0.3) is 4.85 Å². The van der Waals surface area contributed by atoms with E-state index < -0.39 is 17.3 Å². The largest absolute Gasteiger partial charge is 0.371 e. The molecule has 1 aromatic rings. The lowest BCUT2D eigenvalue weighted by atomic mass is 10.0. The molecule has 2 aliphatic heterocycles. The summed E-state index contributed by atoms with van der Waals surface area (Å²) in [6.07, 6.45) is -0.340. The molecule has 0 radical (unpaired) electrons. The monoisotopic (exact) mass is 279 g/mol. The molecule has 2 saturated heterocycles. The number of nitrogens with zero attached hydrogens (tertiary/aromatic N) is 2. The lowest BCUT2D eigenvalue weighted by Gasteiger charge is -2.42. The van der Waals surface area contributed by atoms with Crippen molar-refractivity contribution in [1.82, 2.24) is 10.2 Å². The summed E-state index contributed by atoms with van der Waals surface area (Å²) in [4.78, 5) is 5.14. The molecule has 0 amide bonds. The second-order valence-corrected chi connectivity index (χ2v) is 5.12. The first-order valence-electron chi connectivity index (χ1n) is 6.62. The van der Waals surface area contributed by atoms with E-state index in [1.54, 1.807) is 0 Å². The fraction of sp³-hybridized carbons (Fsp3) is 0.500. The highest BCUT2D eigenvalue weighted by atomic mass is 19.1. The zero-order valence-corrected chi connectivity index (χ0v) is 10.9. The second-order valence-electron chi connectivity index (χ2n) is 5.12. The summed E-state index contributed by atoms with van der Waals surface area (Å²) in [7, 11) is 0. The Morgan fingerprint density at radius 3 is 2.80 bits per heavy atom. The van der Waals surface area contributed by atoms with Crippen molar-refractivity contribution in [3.63, 3.8) is 0 Å². The number of rotatable bonds is 1. The fourth-order valence-corrected chi connectivity index (χ4v) is 2.78. The third-order valence-electron chi connectivity index (χ3n) is 3.89. The van der Waals surface area contributed by atoms with Crippen LogP contribution in [0.1, 0.15) is 11.7 Å². The van der Waals surface area contributed by atoms with E-state index in [9.17, 15) is 8.78 Å². The minimum absolute atomic E-state index is 0.331. The zero-order chi connectivity index (χ0) is 14.1. The molecule has 3 rings (SSSR count). The maximum atomic E-state index is 13.7. The molecule has 106 valence electrons. The van der Waals surface area contributed by atoms with Gasteiger partial charge in [0.2, 0.25) is 0 Å². The minimum atomic E-state index is -0.818. The van der Waals surface area contributed by atoms with Gasteiger partial charge in [0.05, 0.1) is 19.3 Å². The normalized spacial score (nSPS) is 26.9. The van der Waals surface area contributed by atoms with Gasteiger partial charge in [0, 0.05) is 32.2 Å². The Kier molecular flexibility index (Phi) is 3.66. The van der Waals surface area contributed by atoms with Crippen LogP contribution >= 0.6 is 0 Å². The van der Waals surface area contributed by atoms with E-state index in [-0.39, 0.29) is 6.10 Å². The average Bonchev–Trinajstić information content (AvgIpc) is 2.46. The SMILES string of the molecule is [C-]#[N+]c1c(F)cc([C@H]2CN3CCNC[C@H]3CO2)cc1F. The average molecular weight is 279 g/mol. The maximum absolute atomic E-state index is 13.7. The number of hydrogen-bond acceptors (Lipinski definition) is 3. The number of ether oxygens (including phenoxy) is 1. The quantitative estimate of drug-likeness (QED) is 0.796. The van der Waals surface area contributed by atoms with E-state index in [0.29, 0.717) is 24.8 Å². The van der Waals surface area contributed by atoms with Gasteiger partial charge in [-0.1, -0.05) is 0 Å². The summed E-state index contributed by atoms with van der Waals surface area (Å²) < 4.78 is 33.1. The Balaban J connectivity index is 1.82. The van der Waals surface area contributed by atoms with Crippen LogP contribution in [0.4, 0.5) is 14.5 Å². The molecule has 1 N–H and O–H groups in total. The Morgan fingerprint density at radius 1 is 1.35 bits per heavy atom. The highest BCUT2D eigenvalue weighted by Gasteiger charge is 2.32. The summed E-state index contributed by atoms with van der Waals surface area (Å²) in [5, 5.41) is 3.30. The summed E-state index contributed by atoms with van der Waals surface area (Å²) in [5.74, 6) is -1.64. The summed E-state index contributed by atoms with van der Waals surface area (Å²) in [5.41, 5.74) is -0.0889. The minimum Gasteiger partial charge on any atom is -0.371 e. The van der Waals surface area contributed by atoms with Crippen molar-refractivity contribution < 1.29 is 13.5 Å². The van der Waals surface area contributed by atoms with Gasteiger partial charge in [-0.25, -0.2) is 13.6 Å². The molecule has 2 heterocycles. The molecular weight excluding hydrogens is 264 g/mol. The fourth-order valence-electron chi connectivity index (χ4n) is 2.78. The molecule has 0 unspecified atom stereocenters. The lowest BCUT2D eigenvalue weighted by Crippen LogP contribution is -2.57. The molecule has 20 heavy (non-hydrogen) atoms. The zero-order valence-electron chi connectivity index (χ0n) is 10.9. The van der Waals surface area contributed by atoms with E-state index in [2.05, 4.69) is 15.1 Å². The molecule has 2 fully saturated rings. The first kappa shape index (κ1) is 13.4. The molecule has 1 aromatic carbocycles. The van der Waals surface area contributed by atoms with Gasteiger partial charge in [-0.2, -0.15) is 0 Å². The molecule has 0 aliphatic carbocycles. The van der Waals surface area contributed by atoms with E-state index >= 15 is 0 Å².